The van der Waals surface area contributed by atoms with Gasteiger partial charge in [0.1, 0.15) is 5.69 Å². The lowest BCUT2D eigenvalue weighted by molar-refractivity contribution is 0.0786. The molecule has 1 saturated carbocycles. The minimum absolute atomic E-state index is 0.0828. The van der Waals surface area contributed by atoms with E-state index in [1.54, 1.807) is 11.3 Å². The molecule has 1 heterocycles. The maximum absolute atomic E-state index is 12.4. The third kappa shape index (κ3) is 1.85. The average Bonchev–Trinajstić information content (AvgIpc) is 2.86. The van der Waals surface area contributed by atoms with Gasteiger partial charge in [-0.1, -0.05) is 19.8 Å². The van der Waals surface area contributed by atoms with Gasteiger partial charge in [0.05, 0.1) is 5.01 Å². The van der Waals surface area contributed by atoms with Crippen molar-refractivity contribution < 1.29 is 4.79 Å². The molecule has 0 unspecified atom stereocenters. The van der Waals surface area contributed by atoms with Gasteiger partial charge < -0.3 is 0 Å². The summed E-state index contributed by atoms with van der Waals surface area (Å²) in [7, 11) is 0. The van der Waals surface area contributed by atoms with Crippen LogP contribution in [0.25, 0.3) is 0 Å². The Morgan fingerprint density at radius 1 is 1.53 bits per heavy atom. The number of aromatic nitrogens is 1. The molecule has 2 rings (SSSR count). The van der Waals surface area contributed by atoms with Crippen LogP contribution in [0.15, 0.2) is 5.38 Å². The van der Waals surface area contributed by atoms with Crippen molar-refractivity contribution in [1.82, 2.24) is 4.98 Å². The van der Waals surface area contributed by atoms with Crippen LogP contribution < -0.4 is 0 Å². The van der Waals surface area contributed by atoms with Crippen molar-refractivity contribution in [2.75, 3.05) is 0 Å². The maximum atomic E-state index is 12.4. The van der Waals surface area contributed by atoms with Crippen LogP contribution >= 0.6 is 11.3 Å². The number of nitrogens with zero attached hydrogens (tertiary/aromatic N) is 1. The Bertz CT molecular complexity index is 363. The lowest BCUT2D eigenvalue weighted by Gasteiger charge is -2.24. The van der Waals surface area contributed by atoms with Crippen LogP contribution in [0.5, 0.6) is 0 Å². The minimum Gasteiger partial charge on any atom is -0.292 e. The lowest BCUT2D eigenvalue weighted by Crippen LogP contribution is -2.27. The van der Waals surface area contributed by atoms with Gasteiger partial charge in [-0.3, -0.25) is 4.79 Å². The molecule has 0 saturated heterocycles. The molecule has 0 aromatic carbocycles. The van der Waals surface area contributed by atoms with E-state index in [2.05, 4.69) is 11.9 Å². The zero-order valence-electron chi connectivity index (χ0n) is 9.38. The maximum Gasteiger partial charge on any atom is 0.188 e. The number of ketones is 1. The SMILES string of the molecule is CCC1(C(=O)c2csc(C)n2)CCCC1. The fourth-order valence-electron chi connectivity index (χ4n) is 2.53. The smallest absolute Gasteiger partial charge is 0.188 e. The molecular formula is C12H17NOS. The van der Waals surface area contributed by atoms with E-state index in [0.717, 1.165) is 24.3 Å². The Morgan fingerprint density at radius 3 is 2.67 bits per heavy atom. The van der Waals surface area contributed by atoms with E-state index < -0.39 is 0 Å². The van der Waals surface area contributed by atoms with Crippen LogP contribution in [0.2, 0.25) is 0 Å². The zero-order chi connectivity index (χ0) is 10.9. The van der Waals surface area contributed by atoms with Gasteiger partial charge in [-0.2, -0.15) is 0 Å². The summed E-state index contributed by atoms with van der Waals surface area (Å²) in [5.41, 5.74) is 0.613. The summed E-state index contributed by atoms with van der Waals surface area (Å²) in [5, 5.41) is 2.90. The molecule has 0 N–H and O–H groups in total. The fourth-order valence-corrected chi connectivity index (χ4v) is 3.13. The van der Waals surface area contributed by atoms with Crippen LogP contribution in [0.3, 0.4) is 0 Å². The second-order valence-electron chi connectivity index (χ2n) is 4.42. The van der Waals surface area contributed by atoms with Gasteiger partial charge in [0.2, 0.25) is 0 Å². The predicted octanol–water partition coefficient (Wildman–Crippen LogP) is 3.60. The summed E-state index contributed by atoms with van der Waals surface area (Å²) in [5.74, 6) is 0.284. The van der Waals surface area contributed by atoms with Crippen LogP contribution in [0, 0.1) is 12.3 Å². The van der Waals surface area contributed by atoms with Gasteiger partial charge in [0, 0.05) is 10.8 Å². The highest BCUT2D eigenvalue weighted by Crippen LogP contribution is 2.43. The highest BCUT2D eigenvalue weighted by atomic mass is 32.1. The number of carbonyl (C=O) groups excluding carboxylic acids is 1. The Balaban J connectivity index is 2.26. The summed E-state index contributed by atoms with van der Waals surface area (Å²) in [6.45, 7) is 4.08. The Morgan fingerprint density at radius 2 is 2.20 bits per heavy atom. The number of thiazole rings is 1. The van der Waals surface area contributed by atoms with Crippen LogP contribution in [0.1, 0.15) is 54.5 Å². The molecule has 0 atom stereocenters. The molecule has 1 aromatic rings. The van der Waals surface area contributed by atoms with E-state index in [4.69, 9.17) is 0 Å². The predicted molar refractivity (Wildman–Crippen MR) is 62.4 cm³/mol. The molecule has 15 heavy (non-hydrogen) atoms. The molecule has 1 fully saturated rings. The van der Waals surface area contributed by atoms with E-state index in [1.165, 1.54) is 12.8 Å². The van der Waals surface area contributed by atoms with Crippen molar-refractivity contribution in [1.29, 1.82) is 0 Å². The first kappa shape index (κ1) is 10.8. The fraction of sp³-hybridized carbons (Fsp3) is 0.667. The van der Waals surface area contributed by atoms with Crippen molar-refractivity contribution in [2.45, 2.75) is 46.0 Å². The first-order valence-electron chi connectivity index (χ1n) is 5.65. The van der Waals surface area contributed by atoms with E-state index in [1.807, 2.05) is 12.3 Å². The average molecular weight is 223 g/mol. The molecule has 82 valence electrons. The third-order valence-corrected chi connectivity index (χ3v) is 4.34. The van der Waals surface area contributed by atoms with E-state index >= 15 is 0 Å². The summed E-state index contributed by atoms with van der Waals surface area (Å²) in [6, 6.07) is 0. The zero-order valence-corrected chi connectivity index (χ0v) is 10.2. The molecule has 0 amide bonds. The van der Waals surface area contributed by atoms with Gasteiger partial charge >= 0.3 is 0 Å². The van der Waals surface area contributed by atoms with Crippen LogP contribution in [-0.2, 0) is 0 Å². The summed E-state index contributed by atoms with van der Waals surface area (Å²) < 4.78 is 0. The molecule has 3 heteroatoms. The topological polar surface area (TPSA) is 30.0 Å². The third-order valence-electron chi connectivity index (χ3n) is 3.57. The number of Topliss-reactive ketones (excluding diaryl/α,β-unsaturated/α-hetero) is 1. The first-order valence-corrected chi connectivity index (χ1v) is 6.53. The molecule has 0 aliphatic heterocycles. The Kier molecular flexibility index (Phi) is 2.91. The lowest BCUT2D eigenvalue weighted by atomic mass is 9.78. The normalized spacial score (nSPS) is 19.3. The summed E-state index contributed by atoms with van der Waals surface area (Å²) in [4.78, 5) is 16.7. The van der Waals surface area contributed by atoms with E-state index in [-0.39, 0.29) is 11.2 Å². The quantitative estimate of drug-likeness (QED) is 0.733. The van der Waals surface area contributed by atoms with Gasteiger partial charge in [-0.25, -0.2) is 4.98 Å². The van der Waals surface area contributed by atoms with Gasteiger partial charge in [0.15, 0.2) is 5.78 Å². The van der Waals surface area contributed by atoms with Crippen LogP contribution in [0.4, 0.5) is 0 Å². The summed E-state index contributed by atoms with van der Waals surface area (Å²) in [6.07, 6.45) is 5.46. The van der Waals surface area contributed by atoms with Crippen molar-refractivity contribution in [2.24, 2.45) is 5.41 Å². The van der Waals surface area contributed by atoms with Crippen molar-refractivity contribution in [3.05, 3.63) is 16.1 Å². The highest BCUT2D eigenvalue weighted by Gasteiger charge is 2.40. The second-order valence-corrected chi connectivity index (χ2v) is 5.48. The van der Waals surface area contributed by atoms with E-state index in [0.29, 0.717) is 5.69 Å². The van der Waals surface area contributed by atoms with Gasteiger partial charge in [0.25, 0.3) is 0 Å². The summed E-state index contributed by atoms with van der Waals surface area (Å²) >= 11 is 1.57. The number of aryl methyl sites for hydroxylation is 1. The molecule has 1 aliphatic carbocycles. The molecular weight excluding hydrogens is 206 g/mol. The van der Waals surface area contributed by atoms with Crippen molar-refractivity contribution >= 4 is 17.1 Å². The molecule has 1 aliphatic rings. The minimum atomic E-state index is -0.0828. The molecule has 0 spiro atoms. The number of rotatable bonds is 3. The van der Waals surface area contributed by atoms with Gasteiger partial charge in [-0.05, 0) is 26.2 Å². The molecule has 0 bridgehead atoms. The first-order chi connectivity index (χ1) is 7.18. The Labute approximate surface area is 94.7 Å². The molecule has 0 radical (unpaired) electrons. The number of carbonyl (C=O) groups is 1. The standard InChI is InChI=1S/C12H17NOS/c1-3-12(6-4-5-7-12)11(14)10-8-15-9(2)13-10/h8H,3-7H2,1-2H3. The van der Waals surface area contributed by atoms with Crippen LogP contribution in [-0.4, -0.2) is 10.8 Å². The van der Waals surface area contributed by atoms with Gasteiger partial charge in [-0.15, -0.1) is 11.3 Å². The second kappa shape index (κ2) is 4.05. The highest BCUT2D eigenvalue weighted by molar-refractivity contribution is 7.09. The van der Waals surface area contributed by atoms with Crippen molar-refractivity contribution in [3.8, 4) is 0 Å². The monoisotopic (exact) mass is 223 g/mol. The van der Waals surface area contributed by atoms with Crippen molar-refractivity contribution in [3.63, 3.8) is 0 Å². The van der Waals surface area contributed by atoms with E-state index in [9.17, 15) is 4.79 Å². The largest absolute Gasteiger partial charge is 0.292 e. The molecule has 1 aromatic heterocycles. The number of hydrogen-bond acceptors (Lipinski definition) is 3. The number of hydrogen-bond donors (Lipinski definition) is 0. The molecule has 2 nitrogen and oxygen atoms in total. The Hall–Kier alpha value is -0.700.